The molecular weight excluding hydrogens is 200 g/mol. The molecule has 1 aromatic carbocycles. The van der Waals surface area contributed by atoms with E-state index in [9.17, 15) is 4.79 Å². The van der Waals surface area contributed by atoms with Crippen LogP contribution in [0.25, 0.3) is 0 Å². The van der Waals surface area contributed by atoms with Crippen LogP contribution in [0.5, 0.6) is 0 Å². The van der Waals surface area contributed by atoms with E-state index < -0.39 is 0 Å². The molecule has 2 atom stereocenters. The van der Waals surface area contributed by atoms with Gasteiger partial charge in [0.1, 0.15) is 0 Å². The maximum absolute atomic E-state index is 12.2. The average molecular weight is 218 g/mol. The molecule has 0 aliphatic carbocycles. The molecule has 1 aliphatic heterocycles. The van der Waals surface area contributed by atoms with Crippen molar-refractivity contribution in [3.8, 4) is 0 Å². The lowest BCUT2D eigenvalue weighted by Gasteiger charge is -2.25. The van der Waals surface area contributed by atoms with Gasteiger partial charge in [0.15, 0.2) is 0 Å². The van der Waals surface area contributed by atoms with Crippen LogP contribution in [0.1, 0.15) is 23.7 Å². The van der Waals surface area contributed by atoms with Gasteiger partial charge in [-0.25, -0.2) is 0 Å². The van der Waals surface area contributed by atoms with Crippen molar-refractivity contribution >= 4 is 5.91 Å². The largest absolute Gasteiger partial charge is 0.334 e. The lowest BCUT2D eigenvalue weighted by Crippen LogP contribution is -2.42. The number of hydrogen-bond acceptors (Lipinski definition) is 2. The Labute approximate surface area is 96.2 Å². The highest BCUT2D eigenvalue weighted by atomic mass is 16.2. The van der Waals surface area contributed by atoms with Crippen molar-refractivity contribution in [1.82, 2.24) is 4.90 Å². The number of benzene rings is 1. The van der Waals surface area contributed by atoms with Crippen LogP contribution >= 0.6 is 0 Å². The first-order valence-electron chi connectivity index (χ1n) is 5.80. The van der Waals surface area contributed by atoms with Crippen molar-refractivity contribution in [2.45, 2.75) is 19.4 Å². The molecule has 2 N–H and O–H groups in total. The van der Waals surface area contributed by atoms with Gasteiger partial charge < -0.3 is 10.6 Å². The van der Waals surface area contributed by atoms with Crippen molar-refractivity contribution in [3.63, 3.8) is 0 Å². The summed E-state index contributed by atoms with van der Waals surface area (Å²) in [4.78, 5) is 14.1. The Kier molecular flexibility index (Phi) is 3.25. The molecule has 2 rings (SSSR count). The van der Waals surface area contributed by atoms with Crippen LogP contribution in [0.3, 0.4) is 0 Å². The minimum atomic E-state index is 0.111. The zero-order chi connectivity index (χ0) is 11.5. The number of nitrogens with zero attached hydrogens (tertiary/aromatic N) is 1. The molecule has 86 valence electrons. The summed E-state index contributed by atoms with van der Waals surface area (Å²) in [5, 5.41) is 0. The predicted molar refractivity (Wildman–Crippen MR) is 64.1 cm³/mol. The maximum Gasteiger partial charge on any atom is 0.254 e. The Morgan fingerprint density at radius 3 is 2.75 bits per heavy atom. The molecule has 0 spiro atoms. The number of carbonyl (C=O) groups is 1. The SMILES string of the molecule is CC1CCN(C(=O)c2ccccc2)C1CN. The van der Waals surface area contributed by atoms with Crippen molar-refractivity contribution in [2.75, 3.05) is 13.1 Å². The molecule has 1 saturated heterocycles. The summed E-state index contributed by atoms with van der Waals surface area (Å²) >= 11 is 0. The Morgan fingerprint density at radius 2 is 2.12 bits per heavy atom. The summed E-state index contributed by atoms with van der Waals surface area (Å²) in [5.41, 5.74) is 6.50. The predicted octanol–water partition coefficient (Wildman–Crippen LogP) is 1.50. The maximum atomic E-state index is 12.2. The lowest BCUT2D eigenvalue weighted by atomic mass is 10.0. The van der Waals surface area contributed by atoms with E-state index in [4.69, 9.17) is 5.73 Å². The monoisotopic (exact) mass is 218 g/mol. The minimum Gasteiger partial charge on any atom is -0.334 e. The van der Waals surface area contributed by atoms with Crippen LogP contribution in [0.2, 0.25) is 0 Å². The first-order valence-corrected chi connectivity index (χ1v) is 5.80. The second-order valence-electron chi connectivity index (χ2n) is 4.43. The second-order valence-corrected chi connectivity index (χ2v) is 4.43. The van der Waals surface area contributed by atoms with E-state index in [0.717, 1.165) is 18.5 Å². The average Bonchev–Trinajstić information content (AvgIpc) is 2.70. The van der Waals surface area contributed by atoms with Crippen LogP contribution in [0.15, 0.2) is 30.3 Å². The Bertz CT molecular complexity index is 363. The molecule has 0 aromatic heterocycles. The third-order valence-electron chi connectivity index (χ3n) is 3.41. The molecule has 1 heterocycles. The molecule has 1 fully saturated rings. The molecule has 1 amide bonds. The molecule has 0 bridgehead atoms. The fourth-order valence-corrected chi connectivity index (χ4v) is 2.37. The summed E-state index contributed by atoms with van der Waals surface area (Å²) in [5.74, 6) is 0.623. The van der Waals surface area contributed by atoms with Crippen LogP contribution in [0, 0.1) is 5.92 Å². The summed E-state index contributed by atoms with van der Waals surface area (Å²) in [6.45, 7) is 3.55. The Balaban J connectivity index is 2.17. The van der Waals surface area contributed by atoms with E-state index in [1.165, 1.54) is 0 Å². The van der Waals surface area contributed by atoms with Crippen molar-refractivity contribution in [3.05, 3.63) is 35.9 Å². The molecule has 1 aliphatic rings. The van der Waals surface area contributed by atoms with E-state index in [1.54, 1.807) is 0 Å². The summed E-state index contributed by atoms with van der Waals surface area (Å²) in [6, 6.07) is 9.63. The molecular formula is C13H18N2O. The Morgan fingerprint density at radius 1 is 1.44 bits per heavy atom. The number of nitrogens with two attached hydrogens (primary N) is 1. The highest BCUT2D eigenvalue weighted by Crippen LogP contribution is 2.24. The summed E-state index contributed by atoms with van der Waals surface area (Å²) < 4.78 is 0. The zero-order valence-corrected chi connectivity index (χ0v) is 9.60. The third-order valence-corrected chi connectivity index (χ3v) is 3.41. The van der Waals surface area contributed by atoms with Gasteiger partial charge in [0, 0.05) is 24.7 Å². The Hall–Kier alpha value is -1.35. The van der Waals surface area contributed by atoms with Crippen molar-refractivity contribution < 1.29 is 4.79 Å². The van der Waals surface area contributed by atoms with Crippen LogP contribution in [0.4, 0.5) is 0 Å². The van der Waals surface area contributed by atoms with Gasteiger partial charge in [-0.05, 0) is 24.5 Å². The van der Waals surface area contributed by atoms with Crippen molar-refractivity contribution in [2.24, 2.45) is 11.7 Å². The summed E-state index contributed by atoms with van der Waals surface area (Å²) in [6.07, 6.45) is 1.06. The highest BCUT2D eigenvalue weighted by Gasteiger charge is 2.33. The molecule has 0 radical (unpaired) electrons. The molecule has 2 unspecified atom stereocenters. The molecule has 0 saturated carbocycles. The number of carbonyl (C=O) groups excluding carboxylic acids is 1. The van der Waals surface area contributed by atoms with Crippen LogP contribution < -0.4 is 5.73 Å². The van der Waals surface area contributed by atoms with Gasteiger partial charge in [0.05, 0.1) is 0 Å². The molecule has 3 nitrogen and oxygen atoms in total. The first-order chi connectivity index (χ1) is 7.74. The van der Waals surface area contributed by atoms with Gasteiger partial charge in [-0.2, -0.15) is 0 Å². The van der Waals surface area contributed by atoms with Gasteiger partial charge in [-0.3, -0.25) is 4.79 Å². The van der Waals surface area contributed by atoms with Gasteiger partial charge >= 0.3 is 0 Å². The van der Waals surface area contributed by atoms with Gasteiger partial charge in [-0.1, -0.05) is 25.1 Å². The first kappa shape index (κ1) is 11.1. The molecule has 3 heteroatoms. The van der Waals surface area contributed by atoms with Crippen molar-refractivity contribution in [1.29, 1.82) is 0 Å². The van der Waals surface area contributed by atoms with E-state index in [-0.39, 0.29) is 11.9 Å². The number of amides is 1. The van der Waals surface area contributed by atoms with Gasteiger partial charge in [0.25, 0.3) is 5.91 Å². The third kappa shape index (κ3) is 1.95. The topological polar surface area (TPSA) is 46.3 Å². The van der Waals surface area contributed by atoms with Gasteiger partial charge in [0.2, 0.25) is 0 Å². The van der Waals surface area contributed by atoms with E-state index >= 15 is 0 Å². The van der Waals surface area contributed by atoms with E-state index in [1.807, 2.05) is 35.2 Å². The normalized spacial score (nSPS) is 24.8. The smallest absolute Gasteiger partial charge is 0.254 e. The zero-order valence-electron chi connectivity index (χ0n) is 9.60. The lowest BCUT2D eigenvalue weighted by molar-refractivity contribution is 0.0727. The molecule has 16 heavy (non-hydrogen) atoms. The van der Waals surface area contributed by atoms with E-state index in [2.05, 4.69) is 6.92 Å². The quantitative estimate of drug-likeness (QED) is 0.817. The minimum absolute atomic E-state index is 0.111. The number of likely N-dealkylation sites (tertiary alicyclic amines) is 1. The van der Waals surface area contributed by atoms with Crippen LogP contribution in [-0.2, 0) is 0 Å². The fraction of sp³-hybridized carbons (Fsp3) is 0.462. The number of rotatable bonds is 2. The number of hydrogen-bond donors (Lipinski definition) is 1. The second kappa shape index (κ2) is 4.66. The van der Waals surface area contributed by atoms with Gasteiger partial charge in [-0.15, -0.1) is 0 Å². The van der Waals surface area contributed by atoms with Crippen LogP contribution in [-0.4, -0.2) is 29.9 Å². The van der Waals surface area contributed by atoms with E-state index in [0.29, 0.717) is 12.5 Å². The molecule has 1 aromatic rings. The summed E-state index contributed by atoms with van der Waals surface area (Å²) in [7, 11) is 0. The highest BCUT2D eigenvalue weighted by molar-refractivity contribution is 5.94. The fourth-order valence-electron chi connectivity index (χ4n) is 2.37. The standard InChI is InChI=1S/C13H18N2O/c1-10-7-8-15(12(10)9-14)13(16)11-5-3-2-4-6-11/h2-6,10,12H,7-9,14H2,1H3.